The Hall–Kier alpha value is -3.72. The minimum absolute atomic E-state index is 0.0388. The first-order chi connectivity index (χ1) is 14.5. The summed E-state index contributed by atoms with van der Waals surface area (Å²) in [5.74, 6) is -2.66. The highest BCUT2D eigenvalue weighted by Gasteiger charge is 2.31. The Labute approximate surface area is 174 Å². The Bertz CT molecular complexity index is 1150. The fraction of sp³-hybridized carbons (Fsp3) is 0.0909. The summed E-state index contributed by atoms with van der Waals surface area (Å²) in [5, 5.41) is 10.3. The molecular formula is C22H16F4N2O3. The largest absolute Gasteiger partial charge is 0.416 e. The molecule has 2 amide bonds. The normalized spacial score (nSPS) is 11.3. The SMILES string of the molecule is NC(=O)c1cccc(-c2cccc(C(=O)N(O)Cc3cc(F)cc(C(F)(F)F)c3)c2)c1. The molecule has 0 saturated carbocycles. The molecule has 5 nitrogen and oxygen atoms in total. The summed E-state index contributed by atoms with van der Waals surface area (Å²) in [6.07, 6.45) is -4.77. The molecule has 0 atom stereocenters. The van der Waals surface area contributed by atoms with Crippen LogP contribution in [0.1, 0.15) is 31.8 Å². The van der Waals surface area contributed by atoms with E-state index in [0.29, 0.717) is 23.3 Å². The molecule has 0 fully saturated rings. The van der Waals surface area contributed by atoms with Gasteiger partial charge in [0.25, 0.3) is 5.91 Å². The highest BCUT2D eigenvalue weighted by Crippen LogP contribution is 2.31. The van der Waals surface area contributed by atoms with Crippen molar-refractivity contribution in [2.24, 2.45) is 5.73 Å². The van der Waals surface area contributed by atoms with E-state index in [-0.39, 0.29) is 21.8 Å². The van der Waals surface area contributed by atoms with Crippen LogP contribution in [0, 0.1) is 5.82 Å². The third-order valence-electron chi connectivity index (χ3n) is 4.44. The predicted molar refractivity (Wildman–Crippen MR) is 103 cm³/mol. The zero-order valence-corrected chi connectivity index (χ0v) is 15.9. The van der Waals surface area contributed by atoms with Gasteiger partial charge >= 0.3 is 6.18 Å². The summed E-state index contributed by atoms with van der Waals surface area (Å²) in [6.45, 7) is -0.652. The van der Waals surface area contributed by atoms with E-state index < -0.39 is 35.9 Å². The summed E-state index contributed by atoms with van der Waals surface area (Å²) in [6, 6.07) is 14.2. The van der Waals surface area contributed by atoms with Gasteiger partial charge in [-0.2, -0.15) is 13.2 Å². The van der Waals surface area contributed by atoms with Crippen LogP contribution in [0.25, 0.3) is 11.1 Å². The monoisotopic (exact) mass is 432 g/mol. The first-order valence-electron chi connectivity index (χ1n) is 8.92. The Morgan fingerprint density at radius 3 is 2.06 bits per heavy atom. The number of benzene rings is 3. The van der Waals surface area contributed by atoms with Gasteiger partial charge in [-0.1, -0.05) is 24.3 Å². The second-order valence-electron chi connectivity index (χ2n) is 6.73. The molecule has 9 heteroatoms. The molecule has 3 aromatic carbocycles. The van der Waals surface area contributed by atoms with Crippen LogP contribution in [-0.4, -0.2) is 22.1 Å². The van der Waals surface area contributed by atoms with Crippen LogP contribution in [0.15, 0.2) is 66.7 Å². The number of primary amides is 1. The summed E-state index contributed by atoms with van der Waals surface area (Å²) < 4.78 is 52.1. The molecule has 3 N–H and O–H groups in total. The molecule has 3 aromatic rings. The molecular weight excluding hydrogens is 416 g/mol. The van der Waals surface area contributed by atoms with Crippen molar-refractivity contribution < 1.29 is 32.4 Å². The average Bonchev–Trinajstić information content (AvgIpc) is 2.72. The smallest absolute Gasteiger partial charge is 0.366 e. The molecule has 0 unspecified atom stereocenters. The van der Waals surface area contributed by atoms with Crippen molar-refractivity contribution in [3.05, 3.63) is 94.8 Å². The lowest BCUT2D eigenvalue weighted by Gasteiger charge is -2.17. The molecule has 3 rings (SSSR count). The van der Waals surface area contributed by atoms with Crippen molar-refractivity contribution in [1.29, 1.82) is 0 Å². The Balaban J connectivity index is 1.84. The summed E-state index contributed by atoms with van der Waals surface area (Å²) in [5.41, 5.74) is 5.27. The van der Waals surface area contributed by atoms with Gasteiger partial charge in [0, 0.05) is 11.1 Å². The molecule has 160 valence electrons. The number of nitrogens with two attached hydrogens (primary N) is 1. The maximum absolute atomic E-state index is 13.5. The standard InChI is InChI=1S/C22H16F4N2O3/c23-19-8-13(7-18(11-19)22(24,25)26)12-28(31)21(30)17-6-2-4-15(10-17)14-3-1-5-16(9-14)20(27)29/h1-11,31H,12H2,(H2,27,29). The van der Waals surface area contributed by atoms with Gasteiger partial charge in [0.1, 0.15) is 5.82 Å². The molecule has 0 aliphatic heterocycles. The molecule has 0 bridgehead atoms. The second-order valence-corrected chi connectivity index (χ2v) is 6.73. The highest BCUT2D eigenvalue weighted by molar-refractivity contribution is 5.96. The fourth-order valence-electron chi connectivity index (χ4n) is 2.98. The molecule has 0 heterocycles. The number of rotatable bonds is 5. The van der Waals surface area contributed by atoms with Crippen LogP contribution in [0.2, 0.25) is 0 Å². The van der Waals surface area contributed by atoms with E-state index in [0.717, 1.165) is 6.07 Å². The molecule has 0 aromatic heterocycles. The quantitative estimate of drug-likeness (QED) is 0.350. The first kappa shape index (κ1) is 22.0. The number of hydrogen-bond donors (Lipinski definition) is 2. The van der Waals surface area contributed by atoms with Crippen molar-refractivity contribution in [2.45, 2.75) is 12.7 Å². The van der Waals surface area contributed by atoms with Crippen LogP contribution in [0.4, 0.5) is 17.6 Å². The third kappa shape index (κ3) is 5.26. The van der Waals surface area contributed by atoms with Crippen molar-refractivity contribution in [1.82, 2.24) is 5.06 Å². The van der Waals surface area contributed by atoms with Gasteiger partial charge in [-0.25, -0.2) is 9.45 Å². The van der Waals surface area contributed by atoms with Crippen molar-refractivity contribution >= 4 is 11.8 Å². The van der Waals surface area contributed by atoms with E-state index in [1.165, 1.54) is 30.3 Å². The number of hydroxylamine groups is 2. The zero-order chi connectivity index (χ0) is 22.8. The van der Waals surface area contributed by atoms with E-state index in [1.54, 1.807) is 18.2 Å². The van der Waals surface area contributed by atoms with Gasteiger partial charge in [0.05, 0.1) is 12.1 Å². The molecule has 0 aliphatic rings. The van der Waals surface area contributed by atoms with Crippen LogP contribution in [0.5, 0.6) is 0 Å². The van der Waals surface area contributed by atoms with Gasteiger partial charge in [-0.15, -0.1) is 0 Å². The Morgan fingerprint density at radius 1 is 0.903 bits per heavy atom. The number of carbonyl (C=O) groups is 2. The Kier molecular flexibility index (Phi) is 6.07. The van der Waals surface area contributed by atoms with Crippen LogP contribution < -0.4 is 5.73 Å². The maximum Gasteiger partial charge on any atom is 0.416 e. The van der Waals surface area contributed by atoms with E-state index in [1.807, 2.05) is 0 Å². The molecule has 0 aliphatic carbocycles. The van der Waals surface area contributed by atoms with Gasteiger partial charge in [0.2, 0.25) is 5.91 Å². The van der Waals surface area contributed by atoms with Gasteiger partial charge in [-0.05, 0) is 59.2 Å². The molecule has 31 heavy (non-hydrogen) atoms. The highest BCUT2D eigenvalue weighted by atomic mass is 19.4. The van der Waals surface area contributed by atoms with E-state index in [9.17, 15) is 32.4 Å². The lowest BCUT2D eigenvalue weighted by Crippen LogP contribution is -2.27. The van der Waals surface area contributed by atoms with Crippen LogP contribution >= 0.6 is 0 Å². The number of carbonyl (C=O) groups excluding carboxylic acids is 2. The summed E-state index contributed by atoms with van der Waals surface area (Å²) in [4.78, 5) is 23.9. The topological polar surface area (TPSA) is 83.6 Å². The second kappa shape index (κ2) is 8.57. The van der Waals surface area contributed by atoms with Crippen molar-refractivity contribution in [2.75, 3.05) is 0 Å². The first-order valence-corrected chi connectivity index (χ1v) is 8.92. The fourth-order valence-corrected chi connectivity index (χ4v) is 2.98. The maximum atomic E-state index is 13.5. The lowest BCUT2D eigenvalue weighted by atomic mass is 10.0. The van der Waals surface area contributed by atoms with Gasteiger partial charge in [-0.3, -0.25) is 14.8 Å². The van der Waals surface area contributed by atoms with E-state index >= 15 is 0 Å². The minimum atomic E-state index is -4.77. The number of alkyl halides is 3. The van der Waals surface area contributed by atoms with Crippen molar-refractivity contribution in [3.8, 4) is 11.1 Å². The predicted octanol–water partition coefficient (Wildman–Crippen LogP) is 4.64. The summed E-state index contributed by atoms with van der Waals surface area (Å²) in [7, 11) is 0. The molecule has 0 saturated heterocycles. The van der Waals surface area contributed by atoms with E-state index in [2.05, 4.69) is 0 Å². The van der Waals surface area contributed by atoms with Gasteiger partial charge < -0.3 is 5.73 Å². The number of amides is 2. The van der Waals surface area contributed by atoms with Crippen LogP contribution in [-0.2, 0) is 12.7 Å². The summed E-state index contributed by atoms with van der Waals surface area (Å²) >= 11 is 0. The molecule has 0 radical (unpaired) electrons. The third-order valence-corrected chi connectivity index (χ3v) is 4.44. The van der Waals surface area contributed by atoms with Gasteiger partial charge in [0.15, 0.2) is 0 Å². The lowest BCUT2D eigenvalue weighted by molar-refractivity contribution is -0.137. The average molecular weight is 432 g/mol. The minimum Gasteiger partial charge on any atom is -0.366 e. The zero-order valence-electron chi connectivity index (χ0n) is 15.9. The van der Waals surface area contributed by atoms with E-state index in [4.69, 9.17) is 5.73 Å². The Morgan fingerprint density at radius 2 is 1.48 bits per heavy atom. The number of hydrogen-bond acceptors (Lipinski definition) is 3. The number of nitrogens with zero attached hydrogens (tertiary/aromatic N) is 1. The van der Waals surface area contributed by atoms with Crippen molar-refractivity contribution in [3.63, 3.8) is 0 Å². The van der Waals surface area contributed by atoms with Crippen LogP contribution in [0.3, 0.4) is 0 Å². The number of halogens is 4. The molecule has 0 spiro atoms.